The summed E-state index contributed by atoms with van der Waals surface area (Å²) in [6.07, 6.45) is 7.69. The van der Waals surface area contributed by atoms with Crippen LogP contribution in [0.15, 0.2) is 30.3 Å². The molecule has 0 aromatic heterocycles. The molecule has 0 bridgehead atoms. The molecule has 1 aliphatic heterocycles. The van der Waals surface area contributed by atoms with Crippen LogP contribution in [-0.2, 0) is 0 Å². The molecule has 1 saturated carbocycles. The minimum Gasteiger partial charge on any atom is -0.387 e. The molecule has 2 fully saturated rings. The van der Waals surface area contributed by atoms with E-state index in [1.54, 1.807) is 0 Å². The molecule has 2 aliphatic rings. The van der Waals surface area contributed by atoms with Crippen molar-refractivity contribution < 1.29 is 5.11 Å². The van der Waals surface area contributed by atoms with Crippen molar-refractivity contribution >= 4 is 0 Å². The van der Waals surface area contributed by atoms with Crippen molar-refractivity contribution in [2.75, 3.05) is 13.1 Å². The van der Waals surface area contributed by atoms with Gasteiger partial charge in [-0.1, -0.05) is 56.5 Å². The fourth-order valence-corrected chi connectivity index (χ4v) is 4.48. The maximum Gasteiger partial charge on any atom is 0.0945 e. The lowest BCUT2D eigenvalue weighted by Gasteiger charge is -2.45. The molecule has 4 atom stereocenters. The van der Waals surface area contributed by atoms with Gasteiger partial charge in [0.15, 0.2) is 0 Å². The predicted octanol–water partition coefficient (Wildman–Crippen LogP) is 4.01. The average molecular weight is 287 g/mol. The molecule has 116 valence electrons. The van der Waals surface area contributed by atoms with E-state index in [9.17, 15) is 5.11 Å². The molecule has 0 spiro atoms. The SMILES string of the molecule is CCC(C(O)c1ccccc1)N1CCC2CCCCC2C1. The fraction of sp³-hybridized carbons (Fsp3) is 0.684. The van der Waals surface area contributed by atoms with E-state index < -0.39 is 0 Å². The summed E-state index contributed by atoms with van der Waals surface area (Å²) < 4.78 is 0. The fourth-order valence-electron chi connectivity index (χ4n) is 4.48. The molecule has 1 heterocycles. The molecule has 0 amide bonds. The van der Waals surface area contributed by atoms with Crippen LogP contribution >= 0.6 is 0 Å². The van der Waals surface area contributed by atoms with Crippen LogP contribution in [0, 0.1) is 11.8 Å². The number of piperidine rings is 1. The molecular formula is C19H29NO. The number of aliphatic hydroxyl groups is 1. The van der Waals surface area contributed by atoms with Gasteiger partial charge in [-0.3, -0.25) is 4.90 Å². The Morgan fingerprint density at radius 1 is 1.10 bits per heavy atom. The Morgan fingerprint density at radius 2 is 1.81 bits per heavy atom. The first-order valence-electron chi connectivity index (χ1n) is 8.76. The van der Waals surface area contributed by atoms with E-state index in [1.807, 2.05) is 18.2 Å². The second-order valence-corrected chi connectivity index (χ2v) is 6.92. The Kier molecular flexibility index (Phi) is 4.97. The lowest BCUT2D eigenvalue weighted by molar-refractivity contribution is -0.00370. The highest BCUT2D eigenvalue weighted by molar-refractivity contribution is 5.19. The van der Waals surface area contributed by atoms with Crippen LogP contribution in [0.5, 0.6) is 0 Å². The van der Waals surface area contributed by atoms with Gasteiger partial charge in [0, 0.05) is 12.6 Å². The molecule has 2 heteroatoms. The Morgan fingerprint density at radius 3 is 2.52 bits per heavy atom. The number of fused-ring (bicyclic) bond motifs is 1. The lowest BCUT2D eigenvalue weighted by Crippen LogP contribution is -2.48. The highest BCUT2D eigenvalue weighted by atomic mass is 16.3. The topological polar surface area (TPSA) is 23.5 Å². The number of hydrogen-bond acceptors (Lipinski definition) is 2. The van der Waals surface area contributed by atoms with Crippen molar-refractivity contribution in [3.8, 4) is 0 Å². The van der Waals surface area contributed by atoms with E-state index in [-0.39, 0.29) is 12.1 Å². The quantitative estimate of drug-likeness (QED) is 0.904. The number of aliphatic hydroxyl groups excluding tert-OH is 1. The second-order valence-electron chi connectivity index (χ2n) is 6.92. The van der Waals surface area contributed by atoms with Gasteiger partial charge in [-0.05, 0) is 43.2 Å². The van der Waals surface area contributed by atoms with E-state index in [1.165, 1.54) is 45.2 Å². The largest absolute Gasteiger partial charge is 0.387 e. The minimum absolute atomic E-state index is 0.273. The van der Waals surface area contributed by atoms with Crippen molar-refractivity contribution in [2.24, 2.45) is 11.8 Å². The summed E-state index contributed by atoms with van der Waals surface area (Å²) in [6.45, 7) is 4.58. The minimum atomic E-state index is -0.351. The zero-order chi connectivity index (χ0) is 14.7. The number of likely N-dealkylation sites (tertiary alicyclic amines) is 1. The number of benzene rings is 1. The lowest BCUT2D eigenvalue weighted by atomic mass is 9.74. The van der Waals surface area contributed by atoms with E-state index in [0.717, 1.165) is 23.8 Å². The monoisotopic (exact) mass is 287 g/mol. The van der Waals surface area contributed by atoms with Gasteiger partial charge in [0.1, 0.15) is 0 Å². The first-order valence-corrected chi connectivity index (χ1v) is 8.76. The summed E-state index contributed by atoms with van der Waals surface area (Å²) in [5.41, 5.74) is 1.06. The third-order valence-corrected chi connectivity index (χ3v) is 5.72. The van der Waals surface area contributed by atoms with Crippen LogP contribution in [0.1, 0.15) is 57.1 Å². The Bertz CT molecular complexity index is 432. The zero-order valence-electron chi connectivity index (χ0n) is 13.2. The highest BCUT2D eigenvalue weighted by Crippen LogP contribution is 2.38. The van der Waals surface area contributed by atoms with Crippen molar-refractivity contribution in [3.05, 3.63) is 35.9 Å². The van der Waals surface area contributed by atoms with Gasteiger partial charge in [-0.25, -0.2) is 0 Å². The number of nitrogens with zero attached hydrogens (tertiary/aromatic N) is 1. The van der Waals surface area contributed by atoms with Crippen molar-refractivity contribution in [1.29, 1.82) is 0 Å². The summed E-state index contributed by atoms with van der Waals surface area (Å²) in [6, 6.07) is 10.5. The van der Waals surface area contributed by atoms with E-state index in [0.29, 0.717) is 0 Å². The Labute approximate surface area is 129 Å². The van der Waals surface area contributed by atoms with Gasteiger partial charge in [0.25, 0.3) is 0 Å². The third-order valence-electron chi connectivity index (χ3n) is 5.72. The highest BCUT2D eigenvalue weighted by Gasteiger charge is 2.35. The molecule has 1 saturated heterocycles. The maximum absolute atomic E-state index is 10.8. The van der Waals surface area contributed by atoms with Crippen LogP contribution in [0.25, 0.3) is 0 Å². The zero-order valence-corrected chi connectivity index (χ0v) is 13.2. The first kappa shape index (κ1) is 15.1. The molecule has 1 aromatic rings. The molecule has 1 N–H and O–H groups in total. The normalized spacial score (nSPS) is 29.6. The second kappa shape index (κ2) is 6.93. The molecule has 4 unspecified atom stereocenters. The Balaban J connectivity index is 1.68. The summed E-state index contributed by atoms with van der Waals surface area (Å²) in [5, 5.41) is 10.8. The van der Waals surface area contributed by atoms with Gasteiger partial charge in [-0.2, -0.15) is 0 Å². The van der Waals surface area contributed by atoms with E-state index in [4.69, 9.17) is 0 Å². The van der Waals surface area contributed by atoms with Crippen LogP contribution in [0.4, 0.5) is 0 Å². The van der Waals surface area contributed by atoms with Crippen molar-refractivity contribution in [3.63, 3.8) is 0 Å². The first-order chi connectivity index (χ1) is 10.3. The molecule has 3 rings (SSSR count). The molecular weight excluding hydrogens is 258 g/mol. The molecule has 0 radical (unpaired) electrons. The van der Waals surface area contributed by atoms with Crippen molar-refractivity contribution in [2.45, 2.75) is 57.6 Å². The summed E-state index contributed by atoms with van der Waals surface area (Å²) in [5.74, 6) is 1.84. The third kappa shape index (κ3) is 3.32. The number of hydrogen-bond donors (Lipinski definition) is 1. The molecule has 21 heavy (non-hydrogen) atoms. The van der Waals surface area contributed by atoms with E-state index >= 15 is 0 Å². The van der Waals surface area contributed by atoms with Gasteiger partial charge in [-0.15, -0.1) is 0 Å². The van der Waals surface area contributed by atoms with Gasteiger partial charge in [0.05, 0.1) is 6.10 Å². The van der Waals surface area contributed by atoms with Gasteiger partial charge >= 0.3 is 0 Å². The molecule has 1 aliphatic carbocycles. The average Bonchev–Trinajstić information content (AvgIpc) is 2.56. The van der Waals surface area contributed by atoms with Crippen LogP contribution in [0.2, 0.25) is 0 Å². The van der Waals surface area contributed by atoms with Gasteiger partial charge in [0.2, 0.25) is 0 Å². The van der Waals surface area contributed by atoms with Crippen LogP contribution in [-0.4, -0.2) is 29.1 Å². The molecule has 2 nitrogen and oxygen atoms in total. The van der Waals surface area contributed by atoms with Crippen LogP contribution < -0.4 is 0 Å². The smallest absolute Gasteiger partial charge is 0.0945 e. The summed E-state index contributed by atoms with van der Waals surface area (Å²) in [7, 11) is 0. The predicted molar refractivity (Wildman–Crippen MR) is 87.1 cm³/mol. The Hall–Kier alpha value is -0.860. The maximum atomic E-state index is 10.8. The summed E-state index contributed by atoms with van der Waals surface area (Å²) >= 11 is 0. The summed E-state index contributed by atoms with van der Waals surface area (Å²) in [4.78, 5) is 2.57. The van der Waals surface area contributed by atoms with E-state index in [2.05, 4.69) is 24.0 Å². The number of rotatable bonds is 4. The van der Waals surface area contributed by atoms with Gasteiger partial charge < -0.3 is 5.11 Å². The standard InChI is InChI=1S/C19H29NO/c1-2-18(19(21)16-9-4-3-5-10-16)20-13-12-15-8-6-7-11-17(15)14-20/h3-5,9-10,15,17-19,21H,2,6-8,11-14H2,1H3. The molecule has 1 aromatic carbocycles. The van der Waals surface area contributed by atoms with Crippen molar-refractivity contribution in [1.82, 2.24) is 4.90 Å². The van der Waals surface area contributed by atoms with Crippen LogP contribution in [0.3, 0.4) is 0 Å².